The van der Waals surface area contributed by atoms with Crippen molar-refractivity contribution in [3.8, 4) is 5.75 Å². The number of nitrogens with one attached hydrogen (secondary N) is 3. The van der Waals surface area contributed by atoms with Crippen molar-refractivity contribution in [2.75, 3.05) is 6.54 Å². The largest absolute Gasteiger partial charge is 0.508 e. The van der Waals surface area contributed by atoms with E-state index in [4.69, 9.17) is 16.6 Å². The molecule has 0 aliphatic carbocycles. The fraction of sp³-hybridized carbons (Fsp3) is 0.577. The summed E-state index contributed by atoms with van der Waals surface area (Å²) in [5.74, 6) is -4.71. The summed E-state index contributed by atoms with van der Waals surface area (Å²) in [6.07, 6.45) is 1.02. The van der Waals surface area contributed by atoms with Crippen LogP contribution in [-0.2, 0) is 30.4 Å². The van der Waals surface area contributed by atoms with E-state index in [0.29, 0.717) is 31.4 Å². The van der Waals surface area contributed by atoms with Gasteiger partial charge in [-0.1, -0.05) is 32.4 Å². The molecular formula is C26H41N5O8. The molecule has 4 atom stereocenters. The summed E-state index contributed by atoms with van der Waals surface area (Å²) in [5.41, 5.74) is 11.9. The highest BCUT2D eigenvalue weighted by Gasteiger charge is 2.31. The Kier molecular flexibility index (Phi) is 14.5. The molecule has 1 aromatic carbocycles. The summed E-state index contributed by atoms with van der Waals surface area (Å²) < 4.78 is 0. The van der Waals surface area contributed by atoms with Crippen LogP contribution in [0.5, 0.6) is 5.75 Å². The predicted octanol–water partition coefficient (Wildman–Crippen LogP) is -0.159. The Morgan fingerprint density at radius 3 is 1.92 bits per heavy atom. The van der Waals surface area contributed by atoms with Crippen molar-refractivity contribution in [1.82, 2.24) is 16.0 Å². The van der Waals surface area contributed by atoms with Crippen LogP contribution in [0, 0.1) is 5.92 Å². The molecule has 13 heteroatoms. The van der Waals surface area contributed by atoms with Gasteiger partial charge in [-0.3, -0.25) is 19.2 Å². The Morgan fingerprint density at radius 1 is 0.821 bits per heavy atom. The van der Waals surface area contributed by atoms with Crippen molar-refractivity contribution >= 4 is 29.7 Å². The summed E-state index contributed by atoms with van der Waals surface area (Å²) >= 11 is 0. The zero-order chi connectivity index (χ0) is 29.5. The van der Waals surface area contributed by atoms with Crippen molar-refractivity contribution in [2.45, 2.75) is 83.0 Å². The molecule has 0 fully saturated rings. The van der Waals surface area contributed by atoms with Gasteiger partial charge >= 0.3 is 11.9 Å². The van der Waals surface area contributed by atoms with E-state index >= 15 is 0 Å². The Bertz CT molecular complexity index is 970. The van der Waals surface area contributed by atoms with Crippen molar-refractivity contribution in [1.29, 1.82) is 0 Å². The Labute approximate surface area is 227 Å². The maximum Gasteiger partial charge on any atom is 0.326 e. The van der Waals surface area contributed by atoms with Crippen molar-refractivity contribution in [3.63, 3.8) is 0 Å². The topological polar surface area (TPSA) is 234 Å². The number of aliphatic carboxylic acids is 2. The number of hydrogen-bond acceptors (Lipinski definition) is 8. The molecule has 0 bridgehead atoms. The molecule has 0 aliphatic heterocycles. The van der Waals surface area contributed by atoms with Crippen LogP contribution in [0.1, 0.15) is 57.9 Å². The lowest BCUT2D eigenvalue weighted by Gasteiger charge is -2.26. The molecule has 0 heterocycles. The van der Waals surface area contributed by atoms with Crippen LogP contribution in [0.4, 0.5) is 0 Å². The highest BCUT2D eigenvalue weighted by Crippen LogP contribution is 2.13. The van der Waals surface area contributed by atoms with Gasteiger partial charge in [0.1, 0.15) is 23.9 Å². The van der Waals surface area contributed by atoms with E-state index in [1.165, 1.54) is 24.3 Å². The lowest BCUT2D eigenvalue weighted by molar-refractivity contribution is -0.142. The summed E-state index contributed by atoms with van der Waals surface area (Å²) in [6, 6.07) is 1.18. The van der Waals surface area contributed by atoms with Crippen LogP contribution in [0.15, 0.2) is 24.3 Å². The lowest BCUT2D eigenvalue weighted by Crippen LogP contribution is -2.57. The highest BCUT2D eigenvalue weighted by molar-refractivity contribution is 5.94. The first kappa shape index (κ1) is 33.3. The van der Waals surface area contributed by atoms with E-state index < -0.39 is 60.2 Å². The third kappa shape index (κ3) is 13.1. The molecule has 0 radical (unpaired) electrons. The zero-order valence-corrected chi connectivity index (χ0v) is 22.4. The predicted molar refractivity (Wildman–Crippen MR) is 142 cm³/mol. The number of phenolic OH excluding ortho intramolecular Hbond substituents is 1. The molecule has 1 aromatic rings. The van der Waals surface area contributed by atoms with Gasteiger partial charge < -0.3 is 42.7 Å². The quantitative estimate of drug-likeness (QED) is 0.112. The van der Waals surface area contributed by atoms with Gasteiger partial charge in [0.2, 0.25) is 17.7 Å². The fourth-order valence-electron chi connectivity index (χ4n) is 3.77. The second kappa shape index (κ2) is 17.0. The molecule has 218 valence electrons. The minimum atomic E-state index is -1.32. The van der Waals surface area contributed by atoms with Gasteiger partial charge in [-0.25, -0.2) is 4.79 Å². The minimum absolute atomic E-state index is 0.00966. The van der Waals surface area contributed by atoms with E-state index in [1.807, 2.05) is 13.8 Å². The number of aromatic hydroxyl groups is 1. The SMILES string of the molecule is CC(C)CC(NC(=O)C(CCC(=O)O)NC(=O)C(N)CCCCN)C(=O)NC(Cc1ccc(O)cc1)C(=O)O. The van der Waals surface area contributed by atoms with E-state index in [0.717, 1.165) is 0 Å². The smallest absolute Gasteiger partial charge is 0.326 e. The number of unbranched alkanes of at least 4 members (excludes halogenated alkanes) is 1. The van der Waals surface area contributed by atoms with Gasteiger partial charge in [-0.15, -0.1) is 0 Å². The van der Waals surface area contributed by atoms with Crippen LogP contribution >= 0.6 is 0 Å². The summed E-state index contributed by atoms with van der Waals surface area (Å²) in [4.78, 5) is 61.7. The number of hydrogen-bond donors (Lipinski definition) is 8. The second-order valence-electron chi connectivity index (χ2n) is 9.85. The van der Waals surface area contributed by atoms with Crippen molar-refractivity contribution in [2.24, 2.45) is 17.4 Å². The van der Waals surface area contributed by atoms with Crippen LogP contribution in [0.2, 0.25) is 0 Å². The summed E-state index contributed by atoms with van der Waals surface area (Å²) in [6.45, 7) is 4.05. The standard InChI is InChI=1S/C26H41N5O8/c1-15(2)13-20(25(37)31-21(26(38)39)14-16-6-8-17(32)9-7-16)30-24(36)19(10-11-22(33)34)29-23(35)18(28)5-3-4-12-27/h6-9,15,18-21,32H,3-5,10-14,27-28H2,1-2H3,(H,29,35)(H,30,36)(H,31,37)(H,33,34)(H,38,39). The third-order valence-corrected chi connectivity index (χ3v) is 5.92. The third-order valence-electron chi connectivity index (χ3n) is 5.92. The molecule has 3 amide bonds. The van der Waals surface area contributed by atoms with Gasteiger partial charge in [0, 0.05) is 12.8 Å². The van der Waals surface area contributed by atoms with E-state index in [9.17, 15) is 34.2 Å². The maximum atomic E-state index is 13.1. The molecule has 0 saturated heterocycles. The Morgan fingerprint density at radius 2 is 1.38 bits per heavy atom. The monoisotopic (exact) mass is 551 g/mol. The van der Waals surface area contributed by atoms with Gasteiger partial charge in [-0.2, -0.15) is 0 Å². The van der Waals surface area contributed by atoms with Crippen LogP contribution in [0.25, 0.3) is 0 Å². The van der Waals surface area contributed by atoms with Crippen LogP contribution in [0.3, 0.4) is 0 Å². The molecule has 0 aromatic heterocycles. The molecule has 13 nitrogen and oxygen atoms in total. The molecule has 0 saturated carbocycles. The zero-order valence-electron chi connectivity index (χ0n) is 22.4. The highest BCUT2D eigenvalue weighted by atomic mass is 16.4. The van der Waals surface area contributed by atoms with E-state index in [1.54, 1.807) is 0 Å². The van der Waals surface area contributed by atoms with Crippen molar-refractivity contribution < 1.29 is 39.3 Å². The van der Waals surface area contributed by atoms with Gasteiger partial charge in [0.25, 0.3) is 0 Å². The first-order chi connectivity index (χ1) is 18.3. The first-order valence-corrected chi connectivity index (χ1v) is 12.9. The Hall–Kier alpha value is -3.71. The average molecular weight is 552 g/mol. The Balaban J connectivity index is 3.00. The second-order valence-corrected chi connectivity index (χ2v) is 9.85. The van der Waals surface area contributed by atoms with Crippen molar-refractivity contribution in [3.05, 3.63) is 29.8 Å². The molecular weight excluding hydrogens is 510 g/mol. The van der Waals surface area contributed by atoms with Gasteiger partial charge in [0.15, 0.2) is 0 Å². The van der Waals surface area contributed by atoms with Crippen LogP contribution in [-0.4, -0.2) is 75.7 Å². The van der Waals surface area contributed by atoms with E-state index in [2.05, 4.69) is 16.0 Å². The number of nitrogens with two attached hydrogens (primary N) is 2. The maximum absolute atomic E-state index is 13.1. The average Bonchev–Trinajstić information content (AvgIpc) is 2.86. The van der Waals surface area contributed by atoms with Crippen LogP contribution < -0.4 is 27.4 Å². The number of amides is 3. The van der Waals surface area contributed by atoms with E-state index in [-0.39, 0.29) is 30.9 Å². The minimum Gasteiger partial charge on any atom is -0.508 e. The molecule has 10 N–H and O–H groups in total. The number of carboxylic acid groups (broad SMARTS) is 2. The summed E-state index contributed by atoms with van der Waals surface area (Å²) in [5, 5.41) is 35.6. The number of carbonyl (C=O) groups excluding carboxylic acids is 3. The molecule has 0 spiro atoms. The number of carboxylic acids is 2. The first-order valence-electron chi connectivity index (χ1n) is 12.9. The summed E-state index contributed by atoms with van der Waals surface area (Å²) in [7, 11) is 0. The molecule has 39 heavy (non-hydrogen) atoms. The number of phenols is 1. The normalized spacial score (nSPS) is 14.1. The van der Waals surface area contributed by atoms with Gasteiger partial charge in [-0.05, 0) is 55.8 Å². The molecule has 0 aliphatic rings. The number of rotatable bonds is 18. The fourth-order valence-corrected chi connectivity index (χ4v) is 3.77. The van der Waals surface area contributed by atoms with Gasteiger partial charge in [0.05, 0.1) is 6.04 Å². The molecule has 4 unspecified atom stereocenters. The number of carbonyl (C=O) groups is 5. The lowest BCUT2D eigenvalue weighted by atomic mass is 10.0. The molecule has 1 rings (SSSR count). The number of benzene rings is 1.